The molecule has 0 bridgehead atoms. The number of halogens is 1. The van der Waals surface area contributed by atoms with Crippen LogP contribution in [0.3, 0.4) is 0 Å². The van der Waals surface area contributed by atoms with Crippen molar-refractivity contribution in [2.24, 2.45) is 7.05 Å². The van der Waals surface area contributed by atoms with Gasteiger partial charge >= 0.3 is 5.69 Å². The molecule has 2 aliphatic rings. The van der Waals surface area contributed by atoms with Crippen molar-refractivity contribution in [2.45, 2.75) is 57.7 Å². The van der Waals surface area contributed by atoms with Crippen LogP contribution in [0.15, 0.2) is 33.9 Å². The number of aromatic nitrogens is 4. The molecule has 7 nitrogen and oxygen atoms in total. The molecule has 0 atom stereocenters. The van der Waals surface area contributed by atoms with E-state index < -0.39 is 0 Å². The van der Waals surface area contributed by atoms with Crippen LogP contribution in [0, 0.1) is 0 Å². The quantitative estimate of drug-likeness (QED) is 0.644. The van der Waals surface area contributed by atoms with Crippen molar-refractivity contribution in [3.63, 3.8) is 0 Å². The summed E-state index contributed by atoms with van der Waals surface area (Å²) in [5, 5.41) is 0.547. The highest BCUT2D eigenvalue weighted by Gasteiger charge is 2.30. The summed E-state index contributed by atoms with van der Waals surface area (Å²) in [6, 6.07) is 7.78. The Balaban J connectivity index is 1.66. The number of hydrogen-bond acceptors (Lipinski definition) is 4. The third kappa shape index (κ3) is 3.07. The molecule has 1 aromatic carbocycles. The summed E-state index contributed by atoms with van der Waals surface area (Å²) in [5.41, 5.74) is 1.07. The van der Waals surface area contributed by atoms with E-state index in [1.54, 1.807) is 13.1 Å². The van der Waals surface area contributed by atoms with Gasteiger partial charge in [-0.05, 0) is 30.9 Å². The van der Waals surface area contributed by atoms with Crippen LogP contribution in [0.2, 0.25) is 5.02 Å². The van der Waals surface area contributed by atoms with Crippen LogP contribution in [-0.2, 0) is 20.1 Å². The maximum Gasteiger partial charge on any atom is 0.332 e. The van der Waals surface area contributed by atoms with Crippen molar-refractivity contribution < 1.29 is 0 Å². The molecule has 5 rings (SSSR count). The molecular formula is C22H26ClN5O2. The van der Waals surface area contributed by atoms with E-state index in [0.29, 0.717) is 22.2 Å². The van der Waals surface area contributed by atoms with Gasteiger partial charge in [0.15, 0.2) is 11.2 Å². The fourth-order valence-electron chi connectivity index (χ4n) is 4.97. The Morgan fingerprint density at radius 3 is 2.60 bits per heavy atom. The Kier molecular flexibility index (Phi) is 4.93. The van der Waals surface area contributed by atoms with E-state index in [0.717, 1.165) is 31.0 Å². The van der Waals surface area contributed by atoms with Gasteiger partial charge in [0.25, 0.3) is 5.56 Å². The number of hydrogen-bond donors (Lipinski definition) is 0. The molecule has 3 heterocycles. The van der Waals surface area contributed by atoms with Crippen LogP contribution in [0.1, 0.15) is 44.1 Å². The van der Waals surface area contributed by atoms with Gasteiger partial charge in [-0.15, -0.1) is 0 Å². The van der Waals surface area contributed by atoms with Crippen LogP contribution in [-0.4, -0.2) is 31.3 Å². The maximum atomic E-state index is 13.5. The van der Waals surface area contributed by atoms with Gasteiger partial charge in [-0.3, -0.25) is 13.9 Å². The Labute approximate surface area is 179 Å². The van der Waals surface area contributed by atoms with Crippen LogP contribution in [0.25, 0.3) is 11.2 Å². The summed E-state index contributed by atoms with van der Waals surface area (Å²) in [6.45, 7) is 1.85. The van der Waals surface area contributed by atoms with Crippen molar-refractivity contribution in [3.8, 4) is 0 Å². The number of imidazole rings is 1. The van der Waals surface area contributed by atoms with Crippen LogP contribution < -0.4 is 16.1 Å². The summed E-state index contributed by atoms with van der Waals surface area (Å²) >= 11 is 6.29. The first kappa shape index (κ1) is 19.4. The lowest BCUT2D eigenvalue weighted by atomic mass is 9.94. The zero-order valence-electron chi connectivity index (χ0n) is 17.2. The average Bonchev–Trinajstić information content (AvgIpc) is 3.17. The highest BCUT2D eigenvalue weighted by atomic mass is 35.5. The molecule has 0 amide bonds. The Bertz CT molecular complexity index is 1220. The van der Waals surface area contributed by atoms with Gasteiger partial charge in [-0.1, -0.05) is 49.1 Å². The minimum Gasteiger partial charge on any atom is -0.339 e. The second kappa shape index (κ2) is 7.61. The van der Waals surface area contributed by atoms with Gasteiger partial charge < -0.3 is 9.47 Å². The zero-order chi connectivity index (χ0) is 20.8. The number of nitrogens with zero attached hydrogens (tertiary/aromatic N) is 5. The third-order valence-corrected chi connectivity index (χ3v) is 6.92. The number of rotatable bonds is 3. The van der Waals surface area contributed by atoms with Crippen molar-refractivity contribution in [1.29, 1.82) is 0 Å². The highest BCUT2D eigenvalue weighted by molar-refractivity contribution is 6.31. The van der Waals surface area contributed by atoms with E-state index in [1.165, 1.54) is 41.2 Å². The van der Waals surface area contributed by atoms with Crippen LogP contribution >= 0.6 is 11.6 Å². The molecule has 1 aliphatic carbocycles. The van der Waals surface area contributed by atoms with Crippen LogP contribution in [0.5, 0.6) is 0 Å². The van der Waals surface area contributed by atoms with Gasteiger partial charge in [0.2, 0.25) is 5.95 Å². The van der Waals surface area contributed by atoms with Crippen molar-refractivity contribution in [2.75, 3.05) is 11.4 Å². The normalized spacial score (nSPS) is 17.5. The van der Waals surface area contributed by atoms with E-state index in [-0.39, 0.29) is 17.8 Å². The van der Waals surface area contributed by atoms with Gasteiger partial charge in [0.1, 0.15) is 0 Å². The molecule has 2 aromatic heterocycles. The molecule has 8 heteroatoms. The number of fused-ring (bicyclic) bond motifs is 3. The second-order valence-electron chi connectivity index (χ2n) is 8.40. The molecule has 1 fully saturated rings. The van der Waals surface area contributed by atoms with E-state index in [4.69, 9.17) is 16.6 Å². The van der Waals surface area contributed by atoms with E-state index in [9.17, 15) is 9.59 Å². The monoisotopic (exact) mass is 427 g/mol. The molecule has 0 N–H and O–H groups in total. The molecule has 0 saturated heterocycles. The molecule has 158 valence electrons. The summed E-state index contributed by atoms with van der Waals surface area (Å²) in [6.07, 6.45) is 7.08. The molecule has 0 spiro atoms. The standard InChI is InChI=1S/C22H26ClN5O2/c1-25-19-18(20(29)28(22(25)30)14-15-8-5-6-11-17(15)23)27-13-7-12-26(21(27)24-19)16-9-3-2-4-10-16/h5-6,8,11,16H,2-4,7,9-10,12-14H2,1H3. The van der Waals surface area contributed by atoms with Crippen LogP contribution in [0.4, 0.5) is 5.95 Å². The Hall–Kier alpha value is -2.54. The fraction of sp³-hybridized carbons (Fsp3) is 0.500. The van der Waals surface area contributed by atoms with Gasteiger partial charge in [-0.25, -0.2) is 4.79 Å². The first-order valence-electron chi connectivity index (χ1n) is 10.8. The predicted octanol–water partition coefficient (Wildman–Crippen LogP) is 3.14. The number of aryl methyl sites for hydroxylation is 2. The number of anilines is 1. The minimum atomic E-state index is -0.368. The topological polar surface area (TPSA) is 65.1 Å². The third-order valence-electron chi connectivity index (χ3n) is 6.55. The minimum absolute atomic E-state index is 0.147. The summed E-state index contributed by atoms with van der Waals surface area (Å²) in [7, 11) is 1.69. The smallest absolute Gasteiger partial charge is 0.332 e. The SMILES string of the molecule is Cn1c(=O)n(Cc2ccccc2Cl)c(=O)c2c1nc1n2CCCN1C1CCCCC1. The average molecular weight is 428 g/mol. The van der Waals surface area contributed by atoms with Crippen molar-refractivity contribution in [3.05, 3.63) is 55.7 Å². The lowest BCUT2D eigenvalue weighted by Crippen LogP contribution is -2.42. The van der Waals surface area contributed by atoms with Gasteiger partial charge in [0.05, 0.1) is 6.54 Å². The molecular weight excluding hydrogens is 402 g/mol. The van der Waals surface area contributed by atoms with E-state index in [1.807, 2.05) is 22.8 Å². The molecule has 3 aromatic rings. The van der Waals surface area contributed by atoms with Gasteiger partial charge in [0, 0.05) is 31.2 Å². The summed E-state index contributed by atoms with van der Waals surface area (Å²) in [4.78, 5) is 33.7. The first-order chi connectivity index (χ1) is 14.6. The van der Waals surface area contributed by atoms with Crippen molar-refractivity contribution in [1.82, 2.24) is 18.7 Å². The molecule has 1 saturated carbocycles. The Morgan fingerprint density at radius 1 is 1.07 bits per heavy atom. The second-order valence-corrected chi connectivity index (χ2v) is 8.81. The lowest BCUT2D eigenvalue weighted by Gasteiger charge is -2.37. The summed E-state index contributed by atoms with van der Waals surface area (Å²) in [5.74, 6) is 0.839. The maximum absolute atomic E-state index is 13.5. The first-order valence-corrected chi connectivity index (χ1v) is 11.1. The largest absolute Gasteiger partial charge is 0.339 e. The van der Waals surface area contributed by atoms with Gasteiger partial charge in [-0.2, -0.15) is 4.98 Å². The zero-order valence-corrected chi connectivity index (χ0v) is 17.9. The molecule has 30 heavy (non-hydrogen) atoms. The molecule has 0 radical (unpaired) electrons. The lowest BCUT2D eigenvalue weighted by molar-refractivity contribution is 0.391. The predicted molar refractivity (Wildman–Crippen MR) is 119 cm³/mol. The fourth-order valence-corrected chi connectivity index (χ4v) is 5.16. The highest BCUT2D eigenvalue weighted by Crippen LogP contribution is 2.31. The Morgan fingerprint density at radius 2 is 1.83 bits per heavy atom. The van der Waals surface area contributed by atoms with E-state index >= 15 is 0 Å². The molecule has 0 unspecified atom stereocenters. The van der Waals surface area contributed by atoms with Crippen molar-refractivity contribution >= 4 is 28.7 Å². The number of benzene rings is 1. The molecule has 1 aliphatic heterocycles. The van der Waals surface area contributed by atoms with E-state index in [2.05, 4.69) is 4.90 Å². The summed E-state index contributed by atoms with van der Waals surface area (Å²) < 4.78 is 4.80.